The lowest BCUT2D eigenvalue weighted by atomic mass is 10.3. The van der Waals surface area contributed by atoms with Gasteiger partial charge in [0.05, 0.1) is 5.02 Å². The first-order valence-electron chi connectivity index (χ1n) is 5.12. The van der Waals surface area contributed by atoms with E-state index in [2.05, 4.69) is 0 Å². The van der Waals surface area contributed by atoms with Gasteiger partial charge in [-0.3, -0.25) is 0 Å². The normalized spacial score (nSPS) is 21.9. The number of hydrogen-bond donors (Lipinski definition) is 1. The van der Waals surface area contributed by atoms with Crippen LogP contribution in [-0.2, 0) is 10.0 Å². The zero-order valence-corrected chi connectivity index (χ0v) is 10.5. The van der Waals surface area contributed by atoms with Crippen LogP contribution in [0.1, 0.15) is 6.42 Å². The standard InChI is InChI=1S/C10H12ClFN2O2S/c11-9-5-7(12)1-2-10(9)17(15,16)14-4-3-8(13)6-14/h1-2,5,8H,3-4,6,13H2. The molecule has 1 fully saturated rings. The van der Waals surface area contributed by atoms with Crippen molar-refractivity contribution in [1.82, 2.24) is 4.31 Å². The average molecular weight is 279 g/mol. The summed E-state index contributed by atoms with van der Waals surface area (Å²) in [6.07, 6.45) is 0.623. The molecular weight excluding hydrogens is 267 g/mol. The molecule has 1 atom stereocenters. The molecule has 1 aliphatic heterocycles. The first-order valence-corrected chi connectivity index (χ1v) is 6.94. The molecule has 1 aromatic carbocycles. The molecule has 2 rings (SSSR count). The lowest BCUT2D eigenvalue weighted by molar-refractivity contribution is 0.472. The highest BCUT2D eigenvalue weighted by Gasteiger charge is 2.32. The number of hydrogen-bond acceptors (Lipinski definition) is 3. The molecular formula is C10H12ClFN2O2S. The molecule has 0 amide bonds. The van der Waals surface area contributed by atoms with E-state index in [9.17, 15) is 12.8 Å². The quantitative estimate of drug-likeness (QED) is 0.884. The van der Waals surface area contributed by atoms with Crippen molar-refractivity contribution in [2.24, 2.45) is 5.73 Å². The third-order valence-electron chi connectivity index (χ3n) is 2.70. The number of nitrogens with zero attached hydrogens (tertiary/aromatic N) is 1. The fourth-order valence-corrected chi connectivity index (χ4v) is 3.81. The molecule has 0 aliphatic carbocycles. The average Bonchev–Trinajstić information content (AvgIpc) is 2.64. The molecule has 2 N–H and O–H groups in total. The van der Waals surface area contributed by atoms with Crippen LogP contribution < -0.4 is 5.73 Å². The van der Waals surface area contributed by atoms with Crippen LogP contribution in [0.3, 0.4) is 0 Å². The highest BCUT2D eigenvalue weighted by Crippen LogP contribution is 2.27. The second-order valence-corrected chi connectivity index (χ2v) is 6.30. The maximum absolute atomic E-state index is 12.9. The Kier molecular flexibility index (Phi) is 3.40. The van der Waals surface area contributed by atoms with E-state index in [4.69, 9.17) is 17.3 Å². The van der Waals surface area contributed by atoms with Crippen molar-refractivity contribution >= 4 is 21.6 Å². The maximum Gasteiger partial charge on any atom is 0.244 e. The van der Waals surface area contributed by atoms with Gasteiger partial charge in [0, 0.05) is 19.1 Å². The molecule has 0 bridgehead atoms. The second-order valence-electron chi connectivity index (χ2n) is 3.99. The number of sulfonamides is 1. The Hall–Kier alpha value is -0.690. The van der Waals surface area contributed by atoms with Gasteiger partial charge in [0.1, 0.15) is 10.7 Å². The van der Waals surface area contributed by atoms with Crippen molar-refractivity contribution in [1.29, 1.82) is 0 Å². The Morgan fingerprint density at radius 3 is 2.71 bits per heavy atom. The molecule has 0 radical (unpaired) electrons. The van der Waals surface area contributed by atoms with Gasteiger partial charge < -0.3 is 5.73 Å². The van der Waals surface area contributed by atoms with Gasteiger partial charge in [0.15, 0.2) is 0 Å². The van der Waals surface area contributed by atoms with Crippen LogP contribution in [0.4, 0.5) is 4.39 Å². The Labute approximate surface area is 104 Å². The van der Waals surface area contributed by atoms with Gasteiger partial charge in [0.25, 0.3) is 0 Å². The highest BCUT2D eigenvalue weighted by atomic mass is 35.5. The Bertz CT molecular complexity index is 535. The zero-order valence-electron chi connectivity index (χ0n) is 8.94. The van der Waals surface area contributed by atoms with Crippen molar-refractivity contribution in [3.05, 3.63) is 29.0 Å². The van der Waals surface area contributed by atoms with E-state index in [1.54, 1.807) is 0 Å². The third kappa shape index (κ3) is 2.44. The van der Waals surface area contributed by atoms with Gasteiger partial charge in [0.2, 0.25) is 10.0 Å². The fourth-order valence-electron chi connectivity index (χ4n) is 1.80. The zero-order chi connectivity index (χ0) is 12.6. The molecule has 1 aromatic rings. The summed E-state index contributed by atoms with van der Waals surface area (Å²) in [6.45, 7) is 0.646. The van der Waals surface area contributed by atoms with E-state index < -0.39 is 15.8 Å². The largest absolute Gasteiger partial charge is 0.326 e. The number of benzene rings is 1. The first kappa shape index (κ1) is 12.8. The second kappa shape index (κ2) is 4.53. The van der Waals surface area contributed by atoms with E-state index in [1.165, 1.54) is 10.4 Å². The number of nitrogens with two attached hydrogens (primary N) is 1. The van der Waals surface area contributed by atoms with Crippen molar-refractivity contribution in [3.8, 4) is 0 Å². The van der Waals surface area contributed by atoms with E-state index >= 15 is 0 Å². The number of rotatable bonds is 2. The van der Waals surface area contributed by atoms with Crippen molar-refractivity contribution < 1.29 is 12.8 Å². The van der Waals surface area contributed by atoms with E-state index in [0.29, 0.717) is 13.0 Å². The van der Waals surface area contributed by atoms with Crippen molar-refractivity contribution in [2.75, 3.05) is 13.1 Å². The van der Waals surface area contributed by atoms with Gasteiger partial charge in [-0.15, -0.1) is 0 Å². The Morgan fingerprint density at radius 2 is 2.18 bits per heavy atom. The van der Waals surface area contributed by atoms with E-state index in [1.807, 2.05) is 0 Å². The molecule has 4 nitrogen and oxygen atoms in total. The van der Waals surface area contributed by atoms with Gasteiger partial charge in [-0.2, -0.15) is 4.31 Å². The van der Waals surface area contributed by atoms with Gasteiger partial charge in [-0.25, -0.2) is 12.8 Å². The van der Waals surface area contributed by atoms with Gasteiger partial charge >= 0.3 is 0 Å². The summed E-state index contributed by atoms with van der Waals surface area (Å²) in [5.41, 5.74) is 5.66. The molecule has 1 heterocycles. The molecule has 1 saturated heterocycles. The minimum absolute atomic E-state index is 0.0744. The summed E-state index contributed by atoms with van der Waals surface area (Å²) in [7, 11) is -3.66. The summed E-state index contributed by atoms with van der Waals surface area (Å²) >= 11 is 5.75. The van der Waals surface area contributed by atoms with Crippen LogP contribution in [-0.4, -0.2) is 31.9 Å². The lowest BCUT2D eigenvalue weighted by Gasteiger charge is -2.16. The molecule has 7 heteroatoms. The van der Waals surface area contributed by atoms with Gasteiger partial charge in [-0.05, 0) is 24.6 Å². The fraction of sp³-hybridized carbons (Fsp3) is 0.400. The SMILES string of the molecule is NC1CCN(S(=O)(=O)c2ccc(F)cc2Cl)C1. The summed E-state index contributed by atoms with van der Waals surface area (Å²) in [6, 6.07) is 3.10. The molecule has 94 valence electrons. The summed E-state index contributed by atoms with van der Waals surface area (Å²) in [4.78, 5) is -0.0744. The van der Waals surface area contributed by atoms with E-state index in [0.717, 1.165) is 12.1 Å². The van der Waals surface area contributed by atoms with Crippen LogP contribution in [0.5, 0.6) is 0 Å². The Morgan fingerprint density at radius 1 is 1.47 bits per heavy atom. The smallest absolute Gasteiger partial charge is 0.244 e. The molecule has 0 spiro atoms. The first-order chi connectivity index (χ1) is 7.91. The summed E-state index contributed by atoms with van der Waals surface area (Å²) in [5, 5.41) is -0.106. The van der Waals surface area contributed by atoms with Crippen LogP contribution in [0, 0.1) is 5.82 Å². The predicted octanol–water partition coefficient (Wildman–Crippen LogP) is 1.20. The topological polar surface area (TPSA) is 63.4 Å². The minimum atomic E-state index is -3.66. The summed E-state index contributed by atoms with van der Waals surface area (Å²) in [5.74, 6) is -0.563. The van der Waals surface area contributed by atoms with Gasteiger partial charge in [-0.1, -0.05) is 11.6 Å². The Balaban J connectivity index is 2.38. The predicted molar refractivity (Wildman–Crippen MR) is 62.8 cm³/mol. The minimum Gasteiger partial charge on any atom is -0.326 e. The van der Waals surface area contributed by atoms with Crippen LogP contribution in [0.2, 0.25) is 5.02 Å². The highest BCUT2D eigenvalue weighted by molar-refractivity contribution is 7.89. The maximum atomic E-state index is 12.9. The van der Waals surface area contributed by atoms with Crippen molar-refractivity contribution in [3.63, 3.8) is 0 Å². The van der Waals surface area contributed by atoms with Crippen LogP contribution in [0.15, 0.2) is 23.1 Å². The summed E-state index contributed by atoms with van der Waals surface area (Å²) < 4.78 is 38.5. The van der Waals surface area contributed by atoms with Crippen molar-refractivity contribution in [2.45, 2.75) is 17.4 Å². The molecule has 0 aromatic heterocycles. The molecule has 1 aliphatic rings. The molecule has 17 heavy (non-hydrogen) atoms. The molecule has 0 saturated carbocycles. The van der Waals surface area contributed by atoms with Crippen LogP contribution in [0.25, 0.3) is 0 Å². The molecule has 1 unspecified atom stereocenters. The third-order valence-corrected chi connectivity index (χ3v) is 5.05. The lowest BCUT2D eigenvalue weighted by Crippen LogP contribution is -2.32. The number of halogens is 2. The van der Waals surface area contributed by atoms with E-state index in [-0.39, 0.29) is 22.5 Å². The van der Waals surface area contributed by atoms with Crippen LogP contribution >= 0.6 is 11.6 Å². The monoisotopic (exact) mass is 278 g/mol.